The minimum atomic E-state index is -1.29. The molecule has 3 rings (SSSR count). The van der Waals surface area contributed by atoms with E-state index in [1.165, 1.54) is 19.2 Å². The summed E-state index contributed by atoms with van der Waals surface area (Å²) in [5.74, 6) is 0.347. The van der Waals surface area contributed by atoms with Gasteiger partial charge in [0.15, 0.2) is 0 Å². The van der Waals surface area contributed by atoms with Gasteiger partial charge in [-0.2, -0.15) is 0 Å². The molecule has 1 aromatic carbocycles. The van der Waals surface area contributed by atoms with Crippen LogP contribution in [0, 0.1) is 0 Å². The van der Waals surface area contributed by atoms with E-state index in [9.17, 15) is 15.0 Å². The molecule has 1 aliphatic rings. The molecule has 0 aliphatic carbocycles. The Kier molecular flexibility index (Phi) is 4.35. The van der Waals surface area contributed by atoms with E-state index in [-0.39, 0.29) is 0 Å². The molecule has 24 heavy (non-hydrogen) atoms. The summed E-state index contributed by atoms with van der Waals surface area (Å²) in [5.41, 5.74) is -0.963. The number of fused-ring (bicyclic) bond motifs is 1. The van der Waals surface area contributed by atoms with Gasteiger partial charge in [0.2, 0.25) is 6.29 Å². The fourth-order valence-corrected chi connectivity index (χ4v) is 2.95. The summed E-state index contributed by atoms with van der Waals surface area (Å²) in [4.78, 5) is 11.3. The van der Waals surface area contributed by atoms with Gasteiger partial charge in [-0.25, -0.2) is 4.79 Å². The lowest BCUT2D eigenvalue weighted by molar-refractivity contribution is -0.305. The Morgan fingerprint density at radius 1 is 1.12 bits per heavy atom. The van der Waals surface area contributed by atoms with Crippen molar-refractivity contribution in [2.24, 2.45) is 0 Å². The minimum absolute atomic E-state index is 0.347. The predicted molar refractivity (Wildman–Crippen MR) is 84.9 cm³/mol. The molecule has 4 atom stereocenters. The molecule has 2 N–H and O–H groups in total. The summed E-state index contributed by atoms with van der Waals surface area (Å²) < 4.78 is 21.7. The van der Waals surface area contributed by atoms with Gasteiger partial charge in [-0.1, -0.05) is 0 Å². The first-order chi connectivity index (χ1) is 11.3. The zero-order chi connectivity index (χ0) is 17.5. The summed E-state index contributed by atoms with van der Waals surface area (Å²) >= 11 is 0. The van der Waals surface area contributed by atoms with Crippen molar-refractivity contribution in [3.05, 3.63) is 40.8 Å². The second-order valence-corrected chi connectivity index (χ2v) is 6.30. The summed E-state index contributed by atoms with van der Waals surface area (Å²) in [6, 6.07) is 7.91. The molecular weight excluding hydrogens is 316 g/mol. The van der Waals surface area contributed by atoms with Crippen molar-refractivity contribution in [2.45, 2.75) is 44.1 Å². The highest BCUT2D eigenvalue weighted by molar-refractivity contribution is 5.77. The monoisotopic (exact) mass is 336 g/mol. The van der Waals surface area contributed by atoms with Crippen LogP contribution in [-0.2, 0) is 9.47 Å². The molecule has 1 aliphatic heterocycles. The minimum Gasteiger partial charge on any atom is -0.462 e. The van der Waals surface area contributed by atoms with Crippen LogP contribution in [0.25, 0.3) is 11.0 Å². The number of rotatable bonds is 3. The number of hydrogen-bond acceptors (Lipinski definition) is 7. The van der Waals surface area contributed by atoms with E-state index < -0.39 is 35.8 Å². The first kappa shape index (κ1) is 16.9. The Morgan fingerprint density at radius 2 is 1.83 bits per heavy atom. The van der Waals surface area contributed by atoms with Crippen molar-refractivity contribution in [1.82, 2.24) is 0 Å². The van der Waals surface area contributed by atoms with Crippen LogP contribution >= 0.6 is 0 Å². The molecule has 1 aromatic heterocycles. The quantitative estimate of drug-likeness (QED) is 0.808. The number of hydrogen-bond donors (Lipinski definition) is 2. The Hall–Kier alpha value is -1.93. The van der Waals surface area contributed by atoms with Crippen molar-refractivity contribution in [3.8, 4) is 5.75 Å². The molecule has 0 spiro atoms. The fraction of sp³-hybridized carbons (Fsp3) is 0.471. The van der Waals surface area contributed by atoms with Gasteiger partial charge in [0.1, 0.15) is 29.6 Å². The van der Waals surface area contributed by atoms with E-state index in [2.05, 4.69) is 0 Å². The van der Waals surface area contributed by atoms with Crippen LogP contribution in [0.3, 0.4) is 0 Å². The molecule has 2 heterocycles. The first-order valence-electron chi connectivity index (χ1n) is 7.59. The number of benzene rings is 1. The molecule has 0 bridgehead atoms. The number of methoxy groups -OCH3 is 1. The van der Waals surface area contributed by atoms with Gasteiger partial charge in [0, 0.05) is 24.6 Å². The molecule has 1 fully saturated rings. The molecule has 2 aromatic rings. The summed E-state index contributed by atoms with van der Waals surface area (Å²) in [5, 5.41) is 21.2. The molecular formula is C17H20O7. The standard InChI is InChI=1S/C17H20O7/c1-17(2)15(21-3)13(19)14(20)16(24-17)22-10-6-4-9-5-7-12(18)23-11(9)8-10/h4-8,13-16,19-20H,1-3H3/t13-,14-,15+,16+/m0/s1. The van der Waals surface area contributed by atoms with Crippen LogP contribution in [0.1, 0.15) is 13.8 Å². The highest BCUT2D eigenvalue weighted by atomic mass is 16.7. The lowest BCUT2D eigenvalue weighted by Crippen LogP contribution is -2.63. The van der Waals surface area contributed by atoms with Gasteiger partial charge in [-0.05, 0) is 32.0 Å². The smallest absolute Gasteiger partial charge is 0.336 e. The number of aliphatic hydroxyl groups is 2. The van der Waals surface area contributed by atoms with Crippen molar-refractivity contribution in [3.63, 3.8) is 0 Å². The highest BCUT2D eigenvalue weighted by Crippen LogP contribution is 2.33. The first-order valence-corrected chi connectivity index (χ1v) is 7.59. The number of ether oxygens (including phenoxy) is 3. The van der Waals surface area contributed by atoms with Crippen molar-refractivity contribution in [2.75, 3.05) is 7.11 Å². The maximum absolute atomic E-state index is 11.3. The molecule has 130 valence electrons. The maximum Gasteiger partial charge on any atom is 0.336 e. The highest BCUT2D eigenvalue weighted by Gasteiger charge is 2.50. The van der Waals surface area contributed by atoms with E-state index in [1.807, 2.05) is 0 Å². The lowest BCUT2D eigenvalue weighted by Gasteiger charge is -2.46. The van der Waals surface area contributed by atoms with Crippen LogP contribution < -0.4 is 10.4 Å². The second-order valence-electron chi connectivity index (χ2n) is 6.30. The molecule has 1 saturated heterocycles. The van der Waals surface area contributed by atoms with Crippen LogP contribution in [0.5, 0.6) is 5.75 Å². The van der Waals surface area contributed by atoms with Crippen molar-refractivity contribution in [1.29, 1.82) is 0 Å². The number of aliphatic hydroxyl groups excluding tert-OH is 2. The summed E-state index contributed by atoms with van der Waals surface area (Å²) in [6.07, 6.45) is -4.24. The van der Waals surface area contributed by atoms with Crippen LogP contribution in [0.2, 0.25) is 0 Å². The van der Waals surface area contributed by atoms with Gasteiger partial charge in [0.25, 0.3) is 0 Å². The van der Waals surface area contributed by atoms with Gasteiger partial charge in [-0.15, -0.1) is 0 Å². The molecule has 7 heteroatoms. The topological polar surface area (TPSA) is 98.4 Å². The molecule has 0 amide bonds. The van der Waals surface area contributed by atoms with Crippen LogP contribution in [0.4, 0.5) is 0 Å². The van der Waals surface area contributed by atoms with Gasteiger partial charge in [0.05, 0.1) is 5.60 Å². The van der Waals surface area contributed by atoms with Crippen LogP contribution in [0.15, 0.2) is 39.5 Å². The Balaban J connectivity index is 1.86. The van der Waals surface area contributed by atoms with E-state index in [1.54, 1.807) is 32.0 Å². The molecule has 7 nitrogen and oxygen atoms in total. The van der Waals surface area contributed by atoms with E-state index in [0.29, 0.717) is 11.3 Å². The summed E-state index contributed by atoms with van der Waals surface area (Å²) in [7, 11) is 1.44. The third-order valence-electron chi connectivity index (χ3n) is 4.14. The molecule has 0 saturated carbocycles. The second kappa shape index (κ2) is 6.18. The van der Waals surface area contributed by atoms with Crippen molar-refractivity contribution < 1.29 is 28.8 Å². The fourth-order valence-electron chi connectivity index (χ4n) is 2.95. The molecule has 0 unspecified atom stereocenters. The Bertz CT molecular complexity index is 782. The third-order valence-corrected chi connectivity index (χ3v) is 4.14. The van der Waals surface area contributed by atoms with Gasteiger partial charge >= 0.3 is 5.63 Å². The normalized spacial score (nSPS) is 29.5. The van der Waals surface area contributed by atoms with E-state index in [4.69, 9.17) is 18.6 Å². The average Bonchev–Trinajstić information content (AvgIpc) is 2.52. The third kappa shape index (κ3) is 3.03. The van der Waals surface area contributed by atoms with Gasteiger partial charge in [-0.3, -0.25) is 0 Å². The van der Waals surface area contributed by atoms with E-state index in [0.717, 1.165) is 5.39 Å². The predicted octanol–water partition coefficient (Wildman–Crippen LogP) is 1.04. The zero-order valence-corrected chi connectivity index (χ0v) is 13.6. The Labute approximate surface area is 138 Å². The largest absolute Gasteiger partial charge is 0.462 e. The average molecular weight is 336 g/mol. The van der Waals surface area contributed by atoms with Crippen molar-refractivity contribution >= 4 is 11.0 Å². The summed E-state index contributed by atoms with van der Waals surface area (Å²) in [6.45, 7) is 3.48. The van der Waals surface area contributed by atoms with Crippen LogP contribution in [-0.4, -0.2) is 47.5 Å². The zero-order valence-electron chi connectivity index (χ0n) is 13.6. The molecule has 0 radical (unpaired) electrons. The SMILES string of the molecule is CO[C@@H]1[C@@H](O)[C@H](O)[C@H](Oc2ccc3ccc(=O)oc3c2)OC1(C)C. The van der Waals surface area contributed by atoms with Gasteiger partial charge < -0.3 is 28.8 Å². The maximum atomic E-state index is 11.3. The van der Waals surface area contributed by atoms with E-state index >= 15 is 0 Å². The lowest BCUT2D eigenvalue weighted by atomic mass is 9.89. The Morgan fingerprint density at radius 3 is 2.54 bits per heavy atom.